The Morgan fingerprint density at radius 2 is 1.67 bits per heavy atom. The van der Waals surface area contributed by atoms with Gasteiger partial charge in [-0.05, 0) is 44.5 Å². The molecule has 0 saturated carbocycles. The smallest absolute Gasteiger partial charge is 0.223 e. The Hall–Kier alpha value is -2.73. The summed E-state index contributed by atoms with van der Waals surface area (Å²) in [6, 6.07) is 14.0. The predicted molar refractivity (Wildman–Crippen MR) is 117 cm³/mol. The number of ether oxygens (including phenoxy) is 3. The molecule has 0 aliphatic carbocycles. The molecule has 1 N–H and O–H groups in total. The number of nitrogens with one attached hydrogen (secondary N) is 1. The number of hydrogen-bond acceptors (Lipinski definition) is 5. The van der Waals surface area contributed by atoms with Gasteiger partial charge in [0.25, 0.3) is 0 Å². The molecule has 0 bridgehead atoms. The van der Waals surface area contributed by atoms with Crippen molar-refractivity contribution in [3.63, 3.8) is 0 Å². The molecule has 1 aliphatic rings. The van der Waals surface area contributed by atoms with Crippen molar-refractivity contribution in [2.75, 3.05) is 34.4 Å². The van der Waals surface area contributed by atoms with E-state index in [0.717, 1.165) is 43.6 Å². The summed E-state index contributed by atoms with van der Waals surface area (Å²) in [6.07, 6.45) is 1.70. The van der Waals surface area contributed by atoms with E-state index in [-0.39, 0.29) is 17.9 Å². The van der Waals surface area contributed by atoms with Gasteiger partial charge in [0, 0.05) is 18.0 Å². The van der Waals surface area contributed by atoms with E-state index < -0.39 is 0 Å². The molecule has 30 heavy (non-hydrogen) atoms. The molecule has 1 unspecified atom stereocenters. The van der Waals surface area contributed by atoms with Crippen molar-refractivity contribution >= 4 is 5.91 Å². The number of piperidine rings is 1. The first kappa shape index (κ1) is 22.0. The molecule has 2 aromatic rings. The summed E-state index contributed by atoms with van der Waals surface area (Å²) in [5.41, 5.74) is 2.18. The topological polar surface area (TPSA) is 60.0 Å². The van der Waals surface area contributed by atoms with E-state index in [1.165, 1.54) is 0 Å². The average molecular weight is 413 g/mol. The summed E-state index contributed by atoms with van der Waals surface area (Å²) in [6.45, 7) is 4.52. The van der Waals surface area contributed by atoms with E-state index >= 15 is 0 Å². The number of hydrogen-bond donors (Lipinski definition) is 1. The highest BCUT2D eigenvalue weighted by Crippen LogP contribution is 2.40. The van der Waals surface area contributed by atoms with E-state index in [1.807, 2.05) is 49.4 Å². The third-order valence-electron chi connectivity index (χ3n) is 5.80. The lowest BCUT2D eigenvalue weighted by Gasteiger charge is -2.32. The first-order valence-electron chi connectivity index (χ1n) is 10.4. The zero-order chi connectivity index (χ0) is 21.5. The Balaban J connectivity index is 1.56. The fraction of sp³-hybridized carbons (Fsp3) is 0.458. The van der Waals surface area contributed by atoms with Crippen LogP contribution in [0.5, 0.6) is 17.2 Å². The summed E-state index contributed by atoms with van der Waals surface area (Å²) in [7, 11) is 4.88. The predicted octanol–water partition coefficient (Wildman–Crippen LogP) is 3.80. The second-order valence-electron chi connectivity index (χ2n) is 7.68. The fourth-order valence-electron chi connectivity index (χ4n) is 4.04. The summed E-state index contributed by atoms with van der Waals surface area (Å²) < 4.78 is 16.5. The van der Waals surface area contributed by atoms with Crippen molar-refractivity contribution in [3.05, 3.63) is 53.6 Å². The summed E-state index contributed by atoms with van der Waals surface area (Å²) >= 11 is 0. The van der Waals surface area contributed by atoms with Gasteiger partial charge in [-0.3, -0.25) is 9.69 Å². The van der Waals surface area contributed by atoms with Crippen LogP contribution in [0.25, 0.3) is 0 Å². The van der Waals surface area contributed by atoms with Crippen molar-refractivity contribution in [2.24, 2.45) is 5.92 Å². The number of likely N-dealkylation sites (tertiary alicyclic amines) is 1. The highest BCUT2D eigenvalue weighted by molar-refractivity contribution is 5.79. The van der Waals surface area contributed by atoms with Crippen molar-refractivity contribution in [1.29, 1.82) is 0 Å². The first-order valence-corrected chi connectivity index (χ1v) is 10.4. The van der Waals surface area contributed by atoms with Crippen LogP contribution in [-0.4, -0.2) is 45.2 Å². The van der Waals surface area contributed by atoms with E-state index in [9.17, 15) is 4.79 Å². The molecule has 0 spiro atoms. The maximum atomic E-state index is 12.7. The molecule has 6 heteroatoms. The van der Waals surface area contributed by atoms with Gasteiger partial charge in [0.05, 0.1) is 27.4 Å². The number of nitrogens with zero attached hydrogens (tertiary/aromatic N) is 1. The number of amides is 1. The standard InChI is InChI=1S/C24H32N2O4/c1-17(18-8-6-5-7-9-18)25-24(27)19-12-14-26(15-13-19)16-20-10-11-21(28-2)23(30-4)22(20)29-3/h5-11,17,19H,12-16H2,1-4H3,(H,25,27). The van der Waals surface area contributed by atoms with Crippen LogP contribution in [0.3, 0.4) is 0 Å². The Bertz CT molecular complexity index is 833. The SMILES string of the molecule is COc1ccc(CN2CCC(C(=O)NC(C)c3ccccc3)CC2)c(OC)c1OC. The first-order chi connectivity index (χ1) is 14.6. The molecule has 1 heterocycles. The molecule has 1 amide bonds. The molecule has 2 aromatic carbocycles. The summed E-state index contributed by atoms with van der Waals surface area (Å²) in [4.78, 5) is 15.1. The molecular weight excluding hydrogens is 380 g/mol. The maximum absolute atomic E-state index is 12.7. The summed E-state index contributed by atoms with van der Waals surface area (Å²) in [5.74, 6) is 2.17. The lowest BCUT2D eigenvalue weighted by Crippen LogP contribution is -2.40. The van der Waals surface area contributed by atoms with Crippen LogP contribution in [0.1, 0.15) is 36.9 Å². The van der Waals surface area contributed by atoms with Crippen LogP contribution in [0, 0.1) is 5.92 Å². The largest absolute Gasteiger partial charge is 0.493 e. The van der Waals surface area contributed by atoms with Gasteiger partial charge in [-0.2, -0.15) is 0 Å². The van der Waals surface area contributed by atoms with Crippen LogP contribution in [0.15, 0.2) is 42.5 Å². The Morgan fingerprint density at radius 1 is 1.00 bits per heavy atom. The zero-order valence-electron chi connectivity index (χ0n) is 18.3. The fourth-order valence-corrected chi connectivity index (χ4v) is 4.04. The molecule has 6 nitrogen and oxygen atoms in total. The van der Waals surface area contributed by atoms with Gasteiger partial charge >= 0.3 is 0 Å². The molecular formula is C24H32N2O4. The van der Waals surface area contributed by atoms with Crippen LogP contribution in [-0.2, 0) is 11.3 Å². The molecule has 1 aliphatic heterocycles. The summed E-state index contributed by atoms with van der Waals surface area (Å²) in [5, 5.41) is 3.17. The quantitative estimate of drug-likeness (QED) is 0.715. The molecule has 1 saturated heterocycles. The Morgan fingerprint density at radius 3 is 2.27 bits per heavy atom. The maximum Gasteiger partial charge on any atom is 0.223 e. The van der Waals surface area contributed by atoms with Gasteiger partial charge < -0.3 is 19.5 Å². The van der Waals surface area contributed by atoms with Gasteiger partial charge in [0.1, 0.15) is 0 Å². The van der Waals surface area contributed by atoms with Crippen molar-refractivity contribution < 1.29 is 19.0 Å². The van der Waals surface area contributed by atoms with Gasteiger partial charge in [-0.25, -0.2) is 0 Å². The molecule has 1 fully saturated rings. The van der Waals surface area contributed by atoms with Crippen LogP contribution in [0.2, 0.25) is 0 Å². The third-order valence-corrected chi connectivity index (χ3v) is 5.80. The highest BCUT2D eigenvalue weighted by atomic mass is 16.5. The monoisotopic (exact) mass is 412 g/mol. The molecule has 1 atom stereocenters. The second kappa shape index (κ2) is 10.3. The number of carbonyl (C=O) groups excluding carboxylic acids is 1. The average Bonchev–Trinajstić information content (AvgIpc) is 2.79. The Labute approximate surface area is 179 Å². The van der Waals surface area contributed by atoms with Gasteiger partial charge in [0.15, 0.2) is 11.5 Å². The lowest BCUT2D eigenvalue weighted by molar-refractivity contribution is -0.127. The van der Waals surface area contributed by atoms with E-state index in [1.54, 1.807) is 21.3 Å². The van der Waals surface area contributed by atoms with Crippen molar-refractivity contribution in [3.8, 4) is 17.2 Å². The third kappa shape index (κ3) is 5.05. The minimum atomic E-state index is 0.0211. The molecule has 0 radical (unpaired) electrons. The van der Waals surface area contributed by atoms with E-state index in [2.05, 4.69) is 10.2 Å². The second-order valence-corrected chi connectivity index (χ2v) is 7.68. The highest BCUT2D eigenvalue weighted by Gasteiger charge is 2.27. The lowest BCUT2D eigenvalue weighted by atomic mass is 9.94. The number of rotatable bonds is 8. The van der Waals surface area contributed by atoms with Crippen molar-refractivity contribution in [1.82, 2.24) is 10.2 Å². The zero-order valence-corrected chi connectivity index (χ0v) is 18.3. The van der Waals surface area contributed by atoms with Crippen LogP contribution in [0.4, 0.5) is 0 Å². The number of methoxy groups -OCH3 is 3. The Kier molecular flexibility index (Phi) is 7.57. The van der Waals surface area contributed by atoms with E-state index in [0.29, 0.717) is 17.2 Å². The van der Waals surface area contributed by atoms with Gasteiger partial charge in [-0.15, -0.1) is 0 Å². The van der Waals surface area contributed by atoms with Crippen molar-refractivity contribution in [2.45, 2.75) is 32.4 Å². The minimum Gasteiger partial charge on any atom is -0.493 e. The van der Waals surface area contributed by atoms with Gasteiger partial charge in [-0.1, -0.05) is 36.4 Å². The molecule has 162 valence electrons. The number of benzene rings is 2. The minimum absolute atomic E-state index is 0.0211. The van der Waals surface area contributed by atoms with Gasteiger partial charge in [0.2, 0.25) is 11.7 Å². The number of carbonyl (C=O) groups is 1. The van der Waals surface area contributed by atoms with Crippen LogP contribution < -0.4 is 19.5 Å². The molecule has 0 aromatic heterocycles. The molecule has 3 rings (SSSR count). The van der Waals surface area contributed by atoms with Crippen LogP contribution >= 0.6 is 0 Å². The normalized spacial score (nSPS) is 16.0. The van der Waals surface area contributed by atoms with E-state index in [4.69, 9.17) is 14.2 Å².